The third-order valence-electron chi connectivity index (χ3n) is 3.61. The van der Waals surface area contributed by atoms with Crippen LogP contribution in [-0.2, 0) is 0 Å². The fraction of sp³-hybridized carbons (Fsp3) is 0. The molecule has 2 heterocycles. The second-order valence-electron chi connectivity index (χ2n) is 5.37. The van der Waals surface area contributed by atoms with Crippen molar-refractivity contribution in [2.45, 2.75) is 0 Å². The summed E-state index contributed by atoms with van der Waals surface area (Å²) < 4.78 is 5.42. The Morgan fingerprint density at radius 3 is 2.69 bits per heavy atom. The highest BCUT2D eigenvalue weighted by atomic mass is 35.5. The van der Waals surface area contributed by atoms with E-state index in [9.17, 15) is 0 Å². The fourth-order valence-corrected chi connectivity index (χ4v) is 3.15. The zero-order valence-electron chi connectivity index (χ0n) is 13.5. The highest BCUT2D eigenvalue weighted by Gasteiger charge is 2.11. The van der Waals surface area contributed by atoms with Crippen molar-refractivity contribution < 1.29 is 4.52 Å². The van der Waals surface area contributed by atoms with Gasteiger partial charge in [-0.05, 0) is 6.07 Å². The molecule has 0 fully saturated rings. The predicted octanol–water partition coefficient (Wildman–Crippen LogP) is 5.56. The molecule has 0 bridgehead atoms. The molecule has 1 N–H and O–H groups in total. The van der Waals surface area contributed by atoms with Crippen molar-refractivity contribution in [2.24, 2.45) is 5.10 Å². The molecule has 0 aliphatic heterocycles. The lowest BCUT2D eigenvalue weighted by molar-refractivity contribution is 0.434. The standard InChI is InChI=1S/C19H13ClN4OS/c20-15-9-5-4-8-14(15)11-21-23-19-22-17(12-26-19)18-10-16(24-25-18)13-6-2-1-3-7-13/h1-12H,(H,22,23)/b21-11-. The van der Waals surface area contributed by atoms with Crippen molar-refractivity contribution in [3.05, 3.63) is 76.6 Å². The molecule has 7 heteroatoms. The minimum atomic E-state index is 0.614. The molecule has 0 atom stereocenters. The van der Waals surface area contributed by atoms with Crippen molar-refractivity contribution in [2.75, 3.05) is 5.43 Å². The Kier molecular flexibility index (Phi) is 4.77. The van der Waals surface area contributed by atoms with Gasteiger partial charge in [-0.25, -0.2) is 4.98 Å². The normalized spacial score (nSPS) is 11.1. The summed E-state index contributed by atoms with van der Waals surface area (Å²) in [6.07, 6.45) is 1.66. The second-order valence-corrected chi connectivity index (χ2v) is 6.64. The molecule has 0 aliphatic rings. The van der Waals surface area contributed by atoms with Crippen LogP contribution >= 0.6 is 22.9 Å². The van der Waals surface area contributed by atoms with Crippen LogP contribution in [0.3, 0.4) is 0 Å². The van der Waals surface area contributed by atoms with Gasteiger partial charge in [-0.2, -0.15) is 5.10 Å². The van der Waals surface area contributed by atoms with Gasteiger partial charge in [-0.1, -0.05) is 65.3 Å². The largest absolute Gasteiger partial charge is 0.354 e. The number of rotatable bonds is 5. The van der Waals surface area contributed by atoms with E-state index in [4.69, 9.17) is 16.1 Å². The Hall–Kier alpha value is -2.96. The van der Waals surface area contributed by atoms with Crippen LogP contribution in [0.4, 0.5) is 5.13 Å². The first kappa shape index (κ1) is 16.5. The minimum absolute atomic E-state index is 0.614. The molecule has 0 spiro atoms. The fourth-order valence-electron chi connectivity index (χ4n) is 2.32. The number of nitrogens with one attached hydrogen (secondary N) is 1. The summed E-state index contributed by atoms with van der Waals surface area (Å²) in [5.74, 6) is 0.614. The molecule has 0 amide bonds. The molecular formula is C19H13ClN4OS. The number of aromatic nitrogens is 2. The smallest absolute Gasteiger partial charge is 0.203 e. The number of hydrazone groups is 1. The Bertz CT molecular complexity index is 1040. The highest BCUT2D eigenvalue weighted by Crippen LogP contribution is 2.28. The van der Waals surface area contributed by atoms with Crippen LogP contribution in [0.15, 0.2) is 75.7 Å². The van der Waals surface area contributed by atoms with Gasteiger partial charge < -0.3 is 4.52 Å². The molecule has 2 aromatic carbocycles. The van der Waals surface area contributed by atoms with E-state index in [0.717, 1.165) is 16.8 Å². The van der Waals surface area contributed by atoms with Gasteiger partial charge in [0.25, 0.3) is 0 Å². The molecule has 0 aliphatic carbocycles. The van der Waals surface area contributed by atoms with Crippen LogP contribution in [-0.4, -0.2) is 16.4 Å². The van der Waals surface area contributed by atoms with Crippen LogP contribution in [0.5, 0.6) is 0 Å². The maximum atomic E-state index is 6.09. The molecule has 0 unspecified atom stereocenters. The van der Waals surface area contributed by atoms with Crippen LogP contribution in [0.2, 0.25) is 5.02 Å². The van der Waals surface area contributed by atoms with Gasteiger partial charge in [0.1, 0.15) is 11.4 Å². The van der Waals surface area contributed by atoms with Gasteiger partial charge in [0.15, 0.2) is 5.76 Å². The number of benzene rings is 2. The molecular weight excluding hydrogens is 368 g/mol. The van der Waals surface area contributed by atoms with E-state index in [0.29, 0.717) is 21.6 Å². The van der Waals surface area contributed by atoms with Crippen molar-refractivity contribution in [1.82, 2.24) is 10.1 Å². The Labute approximate surface area is 159 Å². The van der Waals surface area contributed by atoms with Crippen LogP contribution < -0.4 is 5.43 Å². The first-order chi connectivity index (χ1) is 12.8. The summed E-state index contributed by atoms with van der Waals surface area (Å²) in [5, 5.41) is 11.5. The molecule has 4 aromatic rings. The quantitative estimate of drug-likeness (QED) is 0.363. The lowest BCUT2D eigenvalue weighted by Gasteiger charge is -1.96. The number of anilines is 1. The zero-order valence-corrected chi connectivity index (χ0v) is 15.0. The van der Waals surface area contributed by atoms with E-state index in [1.54, 1.807) is 6.21 Å². The third kappa shape index (κ3) is 3.66. The number of hydrogen-bond donors (Lipinski definition) is 1. The summed E-state index contributed by atoms with van der Waals surface area (Å²) in [6, 6.07) is 19.2. The van der Waals surface area contributed by atoms with Crippen molar-refractivity contribution >= 4 is 34.3 Å². The SMILES string of the molecule is Clc1ccccc1/C=N\Nc1nc(-c2cc(-c3ccccc3)no2)cs1. The predicted molar refractivity (Wildman–Crippen MR) is 106 cm³/mol. The average Bonchev–Trinajstić information content (AvgIpc) is 3.33. The Balaban J connectivity index is 1.47. The monoisotopic (exact) mass is 380 g/mol. The number of halogens is 1. The summed E-state index contributed by atoms with van der Waals surface area (Å²) >= 11 is 7.52. The molecule has 5 nitrogen and oxygen atoms in total. The first-order valence-corrected chi connectivity index (χ1v) is 9.07. The van der Waals surface area contributed by atoms with Gasteiger partial charge in [-0.15, -0.1) is 11.3 Å². The zero-order chi connectivity index (χ0) is 17.8. The van der Waals surface area contributed by atoms with Crippen LogP contribution in [0, 0.1) is 0 Å². The van der Waals surface area contributed by atoms with E-state index in [1.807, 2.05) is 66.0 Å². The van der Waals surface area contributed by atoms with Gasteiger partial charge in [0.05, 0.1) is 6.21 Å². The summed E-state index contributed by atoms with van der Waals surface area (Å²) in [5.41, 5.74) is 6.23. The Morgan fingerprint density at radius 2 is 1.85 bits per heavy atom. The topological polar surface area (TPSA) is 63.3 Å². The molecule has 0 radical (unpaired) electrons. The molecule has 26 heavy (non-hydrogen) atoms. The number of nitrogens with zero attached hydrogens (tertiary/aromatic N) is 3. The van der Waals surface area contributed by atoms with Crippen molar-refractivity contribution in [3.63, 3.8) is 0 Å². The summed E-state index contributed by atoms with van der Waals surface area (Å²) in [6.45, 7) is 0. The van der Waals surface area contributed by atoms with Crippen LogP contribution in [0.25, 0.3) is 22.7 Å². The van der Waals surface area contributed by atoms with Gasteiger partial charge in [0, 0.05) is 27.6 Å². The van der Waals surface area contributed by atoms with Crippen molar-refractivity contribution in [3.8, 4) is 22.7 Å². The number of thiazole rings is 1. The molecule has 2 aromatic heterocycles. The number of hydrogen-bond acceptors (Lipinski definition) is 6. The van der Waals surface area contributed by atoms with E-state index >= 15 is 0 Å². The third-order valence-corrected chi connectivity index (χ3v) is 4.70. The van der Waals surface area contributed by atoms with Gasteiger partial charge >= 0.3 is 0 Å². The van der Waals surface area contributed by atoms with Gasteiger partial charge in [0.2, 0.25) is 5.13 Å². The average molecular weight is 381 g/mol. The maximum absolute atomic E-state index is 6.09. The second kappa shape index (κ2) is 7.51. The molecule has 0 saturated carbocycles. The lowest BCUT2D eigenvalue weighted by Crippen LogP contribution is -1.90. The molecule has 0 saturated heterocycles. The van der Waals surface area contributed by atoms with E-state index in [-0.39, 0.29) is 0 Å². The minimum Gasteiger partial charge on any atom is -0.354 e. The maximum Gasteiger partial charge on any atom is 0.203 e. The highest BCUT2D eigenvalue weighted by molar-refractivity contribution is 7.14. The molecule has 128 valence electrons. The first-order valence-electron chi connectivity index (χ1n) is 7.81. The summed E-state index contributed by atoms with van der Waals surface area (Å²) in [4.78, 5) is 4.47. The van der Waals surface area contributed by atoms with E-state index in [2.05, 4.69) is 20.7 Å². The summed E-state index contributed by atoms with van der Waals surface area (Å²) in [7, 11) is 0. The van der Waals surface area contributed by atoms with E-state index in [1.165, 1.54) is 11.3 Å². The van der Waals surface area contributed by atoms with Crippen LogP contribution in [0.1, 0.15) is 5.56 Å². The molecule has 4 rings (SSSR count). The lowest BCUT2D eigenvalue weighted by atomic mass is 10.1. The van der Waals surface area contributed by atoms with Crippen molar-refractivity contribution in [1.29, 1.82) is 0 Å². The Morgan fingerprint density at radius 1 is 1.04 bits per heavy atom. The van der Waals surface area contributed by atoms with E-state index < -0.39 is 0 Å². The van der Waals surface area contributed by atoms with Gasteiger partial charge in [-0.3, -0.25) is 5.43 Å².